The van der Waals surface area contributed by atoms with Gasteiger partial charge in [-0.1, -0.05) is 24.3 Å². The number of aryl methyl sites for hydroxylation is 1. The molecule has 21 heavy (non-hydrogen) atoms. The molecule has 116 valence electrons. The van der Waals surface area contributed by atoms with Crippen LogP contribution in [0.3, 0.4) is 0 Å². The van der Waals surface area contributed by atoms with Gasteiger partial charge >= 0.3 is 0 Å². The van der Waals surface area contributed by atoms with Crippen LogP contribution in [-0.2, 0) is 4.79 Å². The van der Waals surface area contributed by atoms with Gasteiger partial charge in [-0.3, -0.25) is 9.69 Å². The van der Waals surface area contributed by atoms with Gasteiger partial charge in [0.2, 0.25) is 5.91 Å². The number of carbonyl (C=O) groups excluding carboxylic acids is 1. The zero-order valence-electron chi connectivity index (χ0n) is 13.4. The molecule has 4 nitrogen and oxygen atoms in total. The molecule has 1 atom stereocenters. The molecule has 1 aliphatic rings. The van der Waals surface area contributed by atoms with Crippen LogP contribution in [0.25, 0.3) is 0 Å². The van der Waals surface area contributed by atoms with Crippen LogP contribution in [0.1, 0.15) is 31.0 Å². The van der Waals surface area contributed by atoms with Crippen molar-refractivity contribution in [1.82, 2.24) is 15.1 Å². The summed E-state index contributed by atoms with van der Waals surface area (Å²) >= 11 is 0. The Hall–Kier alpha value is -1.39. The molecule has 1 heterocycles. The first-order chi connectivity index (χ1) is 10.1. The molecule has 2 rings (SSSR count). The van der Waals surface area contributed by atoms with Gasteiger partial charge in [-0.25, -0.2) is 0 Å². The first-order valence-electron chi connectivity index (χ1n) is 7.84. The number of nitrogens with one attached hydrogen (secondary N) is 1. The fraction of sp³-hybridized carbons (Fsp3) is 0.588. The van der Waals surface area contributed by atoms with Crippen LogP contribution in [0, 0.1) is 6.92 Å². The summed E-state index contributed by atoms with van der Waals surface area (Å²) in [6, 6.07) is 8.92. The van der Waals surface area contributed by atoms with Crippen LogP contribution in [0.4, 0.5) is 0 Å². The lowest BCUT2D eigenvalue weighted by molar-refractivity contribution is -0.130. The Balaban J connectivity index is 1.71. The van der Waals surface area contributed by atoms with Gasteiger partial charge in [0.15, 0.2) is 0 Å². The Morgan fingerprint density at radius 2 is 1.90 bits per heavy atom. The van der Waals surface area contributed by atoms with E-state index in [2.05, 4.69) is 48.3 Å². The van der Waals surface area contributed by atoms with E-state index in [0.717, 1.165) is 39.3 Å². The molecular formula is C17H27N3O. The zero-order chi connectivity index (χ0) is 15.2. The highest BCUT2D eigenvalue weighted by molar-refractivity contribution is 5.73. The molecule has 0 spiro atoms. The molecule has 1 fully saturated rings. The number of carbonyl (C=O) groups is 1. The monoisotopic (exact) mass is 289 g/mol. The summed E-state index contributed by atoms with van der Waals surface area (Å²) in [7, 11) is 0. The molecule has 1 aromatic rings. The maximum absolute atomic E-state index is 11.3. The first kappa shape index (κ1) is 16.0. The molecular weight excluding hydrogens is 262 g/mol. The Labute approximate surface area is 128 Å². The number of nitrogens with zero attached hydrogens (tertiary/aromatic N) is 2. The second-order valence-corrected chi connectivity index (χ2v) is 5.88. The van der Waals surface area contributed by atoms with Crippen molar-refractivity contribution in [2.45, 2.75) is 26.8 Å². The zero-order valence-corrected chi connectivity index (χ0v) is 13.4. The van der Waals surface area contributed by atoms with Crippen molar-refractivity contribution < 1.29 is 4.79 Å². The average molecular weight is 289 g/mol. The summed E-state index contributed by atoms with van der Waals surface area (Å²) in [4.78, 5) is 15.7. The quantitative estimate of drug-likeness (QED) is 0.898. The molecule has 1 amide bonds. The average Bonchev–Trinajstić information content (AvgIpc) is 2.48. The van der Waals surface area contributed by atoms with E-state index in [-0.39, 0.29) is 5.91 Å². The highest BCUT2D eigenvalue weighted by atomic mass is 16.2. The lowest BCUT2D eigenvalue weighted by Gasteiger charge is -2.34. The van der Waals surface area contributed by atoms with Crippen molar-refractivity contribution in [2.24, 2.45) is 0 Å². The van der Waals surface area contributed by atoms with Crippen LogP contribution in [-0.4, -0.2) is 55.0 Å². The predicted octanol–water partition coefficient (Wildman–Crippen LogP) is 1.81. The Bertz CT molecular complexity index is 467. The number of hydrogen-bond acceptors (Lipinski definition) is 3. The summed E-state index contributed by atoms with van der Waals surface area (Å²) in [5.74, 6) is 0.195. The molecule has 1 aromatic carbocycles. The van der Waals surface area contributed by atoms with Crippen molar-refractivity contribution in [3.8, 4) is 0 Å². The lowest BCUT2D eigenvalue weighted by Crippen LogP contribution is -2.49. The fourth-order valence-electron chi connectivity index (χ4n) is 2.91. The van der Waals surface area contributed by atoms with Crippen LogP contribution >= 0.6 is 0 Å². The van der Waals surface area contributed by atoms with Gasteiger partial charge in [0.25, 0.3) is 0 Å². The standard InChI is InChI=1S/C17H27N3O/c1-14-6-4-5-7-17(14)15(2)18-8-9-19-10-12-20(13-11-19)16(3)21/h4-7,15,18H,8-13H2,1-3H3/t15-/m1/s1. The van der Waals surface area contributed by atoms with Gasteiger partial charge < -0.3 is 10.2 Å². The van der Waals surface area contributed by atoms with Crippen LogP contribution < -0.4 is 5.32 Å². The minimum atomic E-state index is 0.195. The largest absolute Gasteiger partial charge is 0.340 e. The van der Waals surface area contributed by atoms with Crippen LogP contribution in [0.2, 0.25) is 0 Å². The number of rotatable bonds is 5. The van der Waals surface area contributed by atoms with E-state index in [0.29, 0.717) is 6.04 Å². The minimum Gasteiger partial charge on any atom is -0.340 e. The van der Waals surface area contributed by atoms with Crippen molar-refractivity contribution in [3.05, 3.63) is 35.4 Å². The number of amides is 1. The van der Waals surface area contributed by atoms with Crippen molar-refractivity contribution in [2.75, 3.05) is 39.3 Å². The topological polar surface area (TPSA) is 35.6 Å². The summed E-state index contributed by atoms with van der Waals surface area (Å²) in [6.45, 7) is 11.8. The maximum atomic E-state index is 11.3. The van der Waals surface area contributed by atoms with Gasteiger partial charge in [-0.05, 0) is 25.0 Å². The smallest absolute Gasteiger partial charge is 0.219 e. The van der Waals surface area contributed by atoms with E-state index in [9.17, 15) is 4.79 Å². The molecule has 0 aliphatic carbocycles. The second kappa shape index (κ2) is 7.57. The van der Waals surface area contributed by atoms with E-state index in [1.165, 1.54) is 11.1 Å². The van der Waals surface area contributed by atoms with E-state index in [1.54, 1.807) is 6.92 Å². The summed E-state index contributed by atoms with van der Waals surface area (Å²) in [6.07, 6.45) is 0. The molecule has 0 aromatic heterocycles. The third kappa shape index (κ3) is 4.55. The Kier molecular flexibility index (Phi) is 5.76. The van der Waals surface area contributed by atoms with Crippen molar-refractivity contribution in [1.29, 1.82) is 0 Å². The van der Waals surface area contributed by atoms with E-state index < -0.39 is 0 Å². The molecule has 0 saturated carbocycles. The van der Waals surface area contributed by atoms with Crippen molar-refractivity contribution in [3.63, 3.8) is 0 Å². The normalized spacial score (nSPS) is 17.8. The SMILES string of the molecule is CC(=O)N1CCN(CCN[C@H](C)c2ccccc2C)CC1. The second-order valence-electron chi connectivity index (χ2n) is 5.88. The molecule has 1 saturated heterocycles. The number of hydrogen-bond donors (Lipinski definition) is 1. The Morgan fingerprint density at radius 3 is 2.52 bits per heavy atom. The van der Waals surface area contributed by atoms with Gasteiger partial charge in [-0.15, -0.1) is 0 Å². The molecule has 0 radical (unpaired) electrons. The predicted molar refractivity (Wildman–Crippen MR) is 86.3 cm³/mol. The molecule has 0 unspecified atom stereocenters. The maximum Gasteiger partial charge on any atom is 0.219 e. The first-order valence-corrected chi connectivity index (χ1v) is 7.84. The number of benzene rings is 1. The highest BCUT2D eigenvalue weighted by Crippen LogP contribution is 2.16. The van der Waals surface area contributed by atoms with E-state index >= 15 is 0 Å². The van der Waals surface area contributed by atoms with Gasteiger partial charge in [0.1, 0.15) is 0 Å². The van der Waals surface area contributed by atoms with Crippen LogP contribution in [0.15, 0.2) is 24.3 Å². The van der Waals surface area contributed by atoms with E-state index in [4.69, 9.17) is 0 Å². The third-order valence-corrected chi connectivity index (χ3v) is 4.35. The van der Waals surface area contributed by atoms with Gasteiger partial charge in [-0.2, -0.15) is 0 Å². The number of piperazine rings is 1. The molecule has 1 aliphatic heterocycles. The van der Waals surface area contributed by atoms with Gasteiger partial charge in [0.05, 0.1) is 0 Å². The highest BCUT2D eigenvalue weighted by Gasteiger charge is 2.18. The summed E-state index contributed by atoms with van der Waals surface area (Å²) in [5, 5.41) is 3.60. The Morgan fingerprint density at radius 1 is 1.24 bits per heavy atom. The lowest BCUT2D eigenvalue weighted by atomic mass is 10.0. The summed E-state index contributed by atoms with van der Waals surface area (Å²) in [5.41, 5.74) is 2.71. The van der Waals surface area contributed by atoms with Gasteiger partial charge in [0, 0.05) is 52.2 Å². The molecule has 1 N–H and O–H groups in total. The minimum absolute atomic E-state index is 0.195. The van der Waals surface area contributed by atoms with Crippen molar-refractivity contribution >= 4 is 5.91 Å². The van der Waals surface area contributed by atoms with Crippen LogP contribution in [0.5, 0.6) is 0 Å². The molecule has 0 bridgehead atoms. The fourth-order valence-corrected chi connectivity index (χ4v) is 2.91. The van der Waals surface area contributed by atoms with E-state index in [1.807, 2.05) is 4.90 Å². The third-order valence-electron chi connectivity index (χ3n) is 4.35. The molecule has 4 heteroatoms. The summed E-state index contributed by atoms with van der Waals surface area (Å²) < 4.78 is 0.